The molecule has 2 rings (SSSR count). The molecule has 0 aliphatic heterocycles. The number of rotatable bonds is 2. The predicted octanol–water partition coefficient (Wildman–Crippen LogP) is 6.47. The summed E-state index contributed by atoms with van der Waals surface area (Å²) < 4.78 is 0. The molecule has 0 heterocycles. The largest absolute Gasteiger partial charge is 0.0955 e. The van der Waals surface area contributed by atoms with E-state index in [4.69, 9.17) is 0 Å². The van der Waals surface area contributed by atoms with E-state index >= 15 is 0 Å². The van der Waals surface area contributed by atoms with Crippen LogP contribution < -0.4 is 0 Å². The lowest BCUT2D eigenvalue weighted by molar-refractivity contribution is 0.547. The average molecular weight is 278 g/mol. The van der Waals surface area contributed by atoms with E-state index in [1.165, 1.54) is 11.1 Å². The minimum Gasteiger partial charge on any atom is -0.0955 e. The standard InChI is InChI=1S/C12H16.C9H10/c1-12(2,3)10-9-11-7-5-4-6-8-11;1-8(2)9-6-4-3-5-7-9/h4-10H,1-3H3;3-7H,1H2,2H3. The summed E-state index contributed by atoms with van der Waals surface area (Å²) >= 11 is 0. The number of allylic oxidation sites excluding steroid dienone is 2. The SMILES string of the molecule is C=C(C)c1ccccc1.CC(C)(C)C=Cc1ccccc1. The van der Waals surface area contributed by atoms with Crippen LogP contribution >= 0.6 is 0 Å². The van der Waals surface area contributed by atoms with Gasteiger partial charge >= 0.3 is 0 Å². The molecule has 0 spiro atoms. The van der Waals surface area contributed by atoms with Gasteiger partial charge in [0.25, 0.3) is 0 Å². The van der Waals surface area contributed by atoms with Gasteiger partial charge in [-0.3, -0.25) is 0 Å². The van der Waals surface area contributed by atoms with E-state index in [1.54, 1.807) is 0 Å². The summed E-state index contributed by atoms with van der Waals surface area (Å²) in [5.41, 5.74) is 3.89. The highest BCUT2D eigenvalue weighted by Gasteiger charge is 2.02. The summed E-state index contributed by atoms with van der Waals surface area (Å²) in [6.45, 7) is 12.4. The molecule has 2 aromatic carbocycles. The third kappa shape index (κ3) is 7.94. The third-order valence-corrected chi connectivity index (χ3v) is 2.84. The molecule has 0 unspecified atom stereocenters. The number of benzene rings is 2. The molecule has 0 amide bonds. The molecule has 0 atom stereocenters. The molecule has 0 radical (unpaired) electrons. The fraction of sp³-hybridized carbons (Fsp3) is 0.238. The molecule has 21 heavy (non-hydrogen) atoms. The van der Waals surface area contributed by atoms with Gasteiger partial charge < -0.3 is 0 Å². The van der Waals surface area contributed by atoms with Crippen molar-refractivity contribution in [3.63, 3.8) is 0 Å². The van der Waals surface area contributed by atoms with Crippen molar-refractivity contribution in [3.8, 4) is 0 Å². The van der Waals surface area contributed by atoms with Crippen molar-refractivity contribution < 1.29 is 0 Å². The second-order valence-corrected chi connectivity index (χ2v) is 6.26. The van der Waals surface area contributed by atoms with Crippen molar-refractivity contribution in [1.82, 2.24) is 0 Å². The van der Waals surface area contributed by atoms with Gasteiger partial charge in [0.05, 0.1) is 0 Å². The fourth-order valence-electron chi connectivity index (χ4n) is 1.63. The maximum absolute atomic E-state index is 3.83. The molecule has 0 saturated carbocycles. The Morgan fingerprint density at radius 2 is 1.33 bits per heavy atom. The normalized spacial score (nSPS) is 10.9. The van der Waals surface area contributed by atoms with Crippen LogP contribution in [0.1, 0.15) is 38.8 Å². The summed E-state index contributed by atoms with van der Waals surface area (Å²) in [4.78, 5) is 0. The van der Waals surface area contributed by atoms with Crippen LogP contribution in [0.3, 0.4) is 0 Å². The van der Waals surface area contributed by atoms with E-state index in [1.807, 2.05) is 31.2 Å². The first kappa shape index (κ1) is 17.0. The molecular weight excluding hydrogens is 252 g/mol. The Balaban J connectivity index is 0.000000219. The maximum Gasteiger partial charge on any atom is -0.0200 e. The summed E-state index contributed by atoms with van der Waals surface area (Å²) in [7, 11) is 0. The van der Waals surface area contributed by atoms with Crippen LogP contribution in [0.4, 0.5) is 0 Å². The zero-order valence-electron chi connectivity index (χ0n) is 13.6. The molecule has 0 N–H and O–H groups in total. The molecule has 0 fully saturated rings. The van der Waals surface area contributed by atoms with E-state index in [-0.39, 0.29) is 5.41 Å². The molecule has 110 valence electrons. The van der Waals surface area contributed by atoms with Crippen molar-refractivity contribution in [2.45, 2.75) is 27.7 Å². The Bertz CT molecular complexity index is 554. The summed E-state index contributed by atoms with van der Waals surface area (Å²) in [5.74, 6) is 0. The van der Waals surface area contributed by atoms with Crippen LogP contribution in [0.25, 0.3) is 11.6 Å². The first-order valence-electron chi connectivity index (χ1n) is 7.34. The van der Waals surface area contributed by atoms with Crippen molar-refractivity contribution in [3.05, 3.63) is 84.4 Å². The van der Waals surface area contributed by atoms with E-state index in [0.717, 1.165) is 5.57 Å². The minimum absolute atomic E-state index is 0.274. The van der Waals surface area contributed by atoms with Crippen molar-refractivity contribution in [2.75, 3.05) is 0 Å². The van der Waals surface area contributed by atoms with Gasteiger partial charge in [-0.1, -0.05) is 106 Å². The monoisotopic (exact) mass is 278 g/mol. The van der Waals surface area contributed by atoms with Crippen molar-refractivity contribution in [1.29, 1.82) is 0 Å². The zero-order chi connectivity index (χ0) is 15.7. The highest BCUT2D eigenvalue weighted by molar-refractivity contribution is 5.60. The Kier molecular flexibility index (Phi) is 6.68. The van der Waals surface area contributed by atoms with Gasteiger partial charge in [0.15, 0.2) is 0 Å². The molecule has 2 aromatic rings. The lowest BCUT2D eigenvalue weighted by Gasteiger charge is -2.10. The van der Waals surface area contributed by atoms with Crippen LogP contribution in [0, 0.1) is 5.41 Å². The van der Waals surface area contributed by atoms with Gasteiger partial charge in [0.2, 0.25) is 0 Å². The molecule has 0 saturated heterocycles. The van der Waals surface area contributed by atoms with Gasteiger partial charge in [0, 0.05) is 0 Å². The van der Waals surface area contributed by atoms with E-state index in [9.17, 15) is 0 Å². The van der Waals surface area contributed by atoms with Crippen LogP contribution in [-0.2, 0) is 0 Å². The molecule has 0 nitrogen and oxygen atoms in total. The molecule has 0 heteroatoms. The van der Waals surface area contributed by atoms with E-state index in [0.29, 0.717) is 0 Å². The Hall–Kier alpha value is -2.08. The van der Waals surface area contributed by atoms with Gasteiger partial charge in [0.1, 0.15) is 0 Å². The van der Waals surface area contributed by atoms with Gasteiger partial charge in [-0.15, -0.1) is 0 Å². The number of hydrogen-bond acceptors (Lipinski definition) is 0. The Morgan fingerprint density at radius 3 is 1.71 bits per heavy atom. The highest BCUT2D eigenvalue weighted by atomic mass is 14.1. The second-order valence-electron chi connectivity index (χ2n) is 6.26. The predicted molar refractivity (Wildman–Crippen MR) is 96.1 cm³/mol. The fourth-order valence-corrected chi connectivity index (χ4v) is 1.63. The average Bonchev–Trinajstić information content (AvgIpc) is 2.47. The van der Waals surface area contributed by atoms with Crippen LogP contribution in [0.2, 0.25) is 0 Å². The second kappa shape index (κ2) is 8.26. The lowest BCUT2D eigenvalue weighted by Crippen LogP contribution is -1.97. The zero-order valence-corrected chi connectivity index (χ0v) is 13.6. The summed E-state index contributed by atoms with van der Waals surface area (Å²) in [6.07, 6.45) is 4.39. The minimum atomic E-state index is 0.274. The summed E-state index contributed by atoms with van der Waals surface area (Å²) in [6, 6.07) is 20.5. The molecule has 0 bridgehead atoms. The summed E-state index contributed by atoms with van der Waals surface area (Å²) in [5, 5.41) is 0. The van der Waals surface area contributed by atoms with Crippen LogP contribution in [0.15, 0.2) is 73.3 Å². The Morgan fingerprint density at radius 1 is 0.857 bits per heavy atom. The van der Waals surface area contributed by atoms with Crippen LogP contribution in [-0.4, -0.2) is 0 Å². The topological polar surface area (TPSA) is 0 Å². The Labute approximate surface area is 129 Å². The van der Waals surface area contributed by atoms with Gasteiger partial charge in [-0.25, -0.2) is 0 Å². The van der Waals surface area contributed by atoms with Crippen molar-refractivity contribution >= 4 is 11.6 Å². The molecule has 0 aliphatic rings. The maximum atomic E-state index is 3.83. The molecular formula is C21H26. The van der Waals surface area contributed by atoms with Gasteiger partial charge in [-0.2, -0.15) is 0 Å². The molecule has 0 aromatic heterocycles. The first-order chi connectivity index (χ1) is 9.88. The highest BCUT2D eigenvalue weighted by Crippen LogP contribution is 2.16. The first-order valence-corrected chi connectivity index (χ1v) is 7.34. The third-order valence-electron chi connectivity index (χ3n) is 2.84. The molecule has 0 aliphatic carbocycles. The quantitative estimate of drug-likeness (QED) is 0.591. The van der Waals surface area contributed by atoms with Crippen LogP contribution in [0.5, 0.6) is 0 Å². The van der Waals surface area contributed by atoms with E-state index < -0.39 is 0 Å². The van der Waals surface area contributed by atoms with Crippen molar-refractivity contribution in [2.24, 2.45) is 5.41 Å². The lowest BCUT2D eigenvalue weighted by atomic mass is 9.95. The van der Waals surface area contributed by atoms with Gasteiger partial charge in [-0.05, 0) is 23.5 Å². The van der Waals surface area contributed by atoms with E-state index in [2.05, 4.69) is 75.9 Å². The smallest absolute Gasteiger partial charge is 0.0200 e. The number of hydrogen-bond donors (Lipinski definition) is 0.